The highest BCUT2D eigenvalue weighted by molar-refractivity contribution is 5.70. The fourth-order valence-electron chi connectivity index (χ4n) is 2.45. The van der Waals surface area contributed by atoms with Crippen LogP contribution in [0.5, 0.6) is 0 Å². The van der Waals surface area contributed by atoms with Gasteiger partial charge in [-0.05, 0) is 38.7 Å². The lowest BCUT2D eigenvalue weighted by atomic mass is 9.80. The smallest absolute Gasteiger partial charge is 0.345 e. The number of aryl methyl sites for hydroxylation is 1. The summed E-state index contributed by atoms with van der Waals surface area (Å²) in [6, 6.07) is 1.88. The molecule has 1 heterocycles. The summed E-state index contributed by atoms with van der Waals surface area (Å²) in [5.74, 6) is -0.709. The van der Waals surface area contributed by atoms with Crippen LogP contribution in [0.25, 0.3) is 0 Å². The lowest BCUT2D eigenvalue weighted by Crippen LogP contribution is -2.23. The van der Waals surface area contributed by atoms with Crippen molar-refractivity contribution in [1.82, 2.24) is 9.97 Å². The second-order valence-corrected chi connectivity index (χ2v) is 4.68. The van der Waals surface area contributed by atoms with Crippen molar-refractivity contribution in [2.75, 3.05) is 0 Å². The van der Waals surface area contributed by atoms with Gasteiger partial charge in [0.15, 0.2) is 0 Å². The van der Waals surface area contributed by atoms with Crippen molar-refractivity contribution in [3.63, 3.8) is 0 Å². The van der Waals surface area contributed by atoms with Gasteiger partial charge in [-0.2, -0.15) is 4.98 Å². The molecule has 2 N–H and O–H groups in total. The summed E-state index contributed by atoms with van der Waals surface area (Å²) in [7, 11) is 0. The first kappa shape index (κ1) is 11.8. The molecule has 17 heavy (non-hydrogen) atoms. The molecule has 0 aromatic carbocycles. The summed E-state index contributed by atoms with van der Waals surface area (Å²) in [6.45, 7) is 1.83. The van der Waals surface area contributed by atoms with E-state index < -0.39 is 5.97 Å². The molecule has 0 radical (unpaired) electrons. The molecule has 0 unspecified atom stereocenters. The minimum absolute atomic E-state index is 0.227. The van der Waals surface area contributed by atoms with Gasteiger partial charge < -0.3 is 10.1 Å². The van der Waals surface area contributed by atoms with E-state index in [1.165, 1.54) is 0 Å². The number of aromatic nitrogens is 2. The van der Waals surface area contributed by atoms with E-state index in [4.69, 9.17) is 5.11 Å². The van der Waals surface area contributed by atoms with Gasteiger partial charge in [-0.25, -0.2) is 4.79 Å². The standard InChI is InChI=1S/C12H16N2O3/c1-7-6-10(14-12(17)13-7)8-2-4-9(5-3-8)11(15)16/h6,8-9H,2-5H2,1H3,(H,15,16)(H,13,14,17). The van der Waals surface area contributed by atoms with Gasteiger partial charge in [0, 0.05) is 11.6 Å². The van der Waals surface area contributed by atoms with E-state index in [1.807, 2.05) is 13.0 Å². The molecule has 1 aromatic heterocycles. The Hall–Kier alpha value is -1.65. The Bertz CT molecular complexity index is 473. The molecule has 1 aliphatic rings. The zero-order chi connectivity index (χ0) is 12.4. The van der Waals surface area contributed by atoms with Crippen LogP contribution in [0.2, 0.25) is 0 Å². The highest BCUT2D eigenvalue weighted by Gasteiger charge is 2.27. The molecule has 0 bridgehead atoms. The molecule has 5 nitrogen and oxygen atoms in total. The van der Waals surface area contributed by atoms with Crippen LogP contribution in [0.15, 0.2) is 10.9 Å². The molecular formula is C12H16N2O3. The number of carboxylic acid groups (broad SMARTS) is 1. The minimum Gasteiger partial charge on any atom is -0.481 e. The van der Waals surface area contributed by atoms with Gasteiger partial charge in [0.1, 0.15) is 0 Å². The summed E-state index contributed by atoms with van der Waals surface area (Å²) >= 11 is 0. The molecule has 0 aliphatic heterocycles. The number of nitrogens with one attached hydrogen (secondary N) is 1. The van der Waals surface area contributed by atoms with Crippen LogP contribution in [0.4, 0.5) is 0 Å². The molecule has 0 atom stereocenters. The normalized spacial score (nSPS) is 24.5. The second-order valence-electron chi connectivity index (χ2n) is 4.68. The summed E-state index contributed by atoms with van der Waals surface area (Å²) in [5, 5.41) is 8.91. The zero-order valence-electron chi connectivity index (χ0n) is 9.77. The number of hydrogen-bond donors (Lipinski definition) is 2. The molecular weight excluding hydrogens is 220 g/mol. The maximum atomic E-state index is 11.3. The molecule has 1 aromatic rings. The number of hydrogen-bond acceptors (Lipinski definition) is 3. The lowest BCUT2D eigenvalue weighted by molar-refractivity contribution is -0.142. The van der Waals surface area contributed by atoms with Gasteiger partial charge in [0.05, 0.1) is 11.6 Å². The van der Waals surface area contributed by atoms with Crippen molar-refractivity contribution >= 4 is 5.97 Å². The Labute approximate surface area is 98.9 Å². The van der Waals surface area contributed by atoms with Crippen molar-refractivity contribution in [3.05, 3.63) is 27.9 Å². The lowest BCUT2D eigenvalue weighted by Gasteiger charge is -2.25. The van der Waals surface area contributed by atoms with Crippen molar-refractivity contribution < 1.29 is 9.90 Å². The van der Waals surface area contributed by atoms with Gasteiger partial charge >= 0.3 is 11.7 Å². The van der Waals surface area contributed by atoms with Crippen LogP contribution in [-0.4, -0.2) is 21.0 Å². The molecule has 5 heteroatoms. The van der Waals surface area contributed by atoms with Gasteiger partial charge in [0.25, 0.3) is 0 Å². The van der Waals surface area contributed by atoms with Crippen molar-refractivity contribution in [1.29, 1.82) is 0 Å². The summed E-state index contributed by atoms with van der Waals surface area (Å²) < 4.78 is 0. The van der Waals surface area contributed by atoms with Crippen LogP contribution in [0.1, 0.15) is 43.0 Å². The van der Waals surface area contributed by atoms with Crippen LogP contribution in [0.3, 0.4) is 0 Å². The van der Waals surface area contributed by atoms with E-state index in [1.54, 1.807) is 0 Å². The Morgan fingerprint density at radius 1 is 1.41 bits per heavy atom. The molecule has 0 amide bonds. The third-order valence-electron chi connectivity index (χ3n) is 3.39. The van der Waals surface area contributed by atoms with Crippen LogP contribution < -0.4 is 5.69 Å². The summed E-state index contributed by atoms with van der Waals surface area (Å²) in [6.07, 6.45) is 2.95. The molecule has 0 saturated heterocycles. The SMILES string of the molecule is Cc1cc(C2CCC(C(=O)O)CC2)nc(=O)[nH]1. The topological polar surface area (TPSA) is 83.0 Å². The fourth-order valence-corrected chi connectivity index (χ4v) is 2.45. The van der Waals surface area contributed by atoms with Crippen molar-refractivity contribution in [2.24, 2.45) is 5.92 Å². The van der Waals surface area contributed by atoms with E-state index in [0.29, 0.717) is 12.8 Å². The number of aliphatic carboxylic acids is 1. The summed E-state index contributed by atoms with van der Waals surface area (Å²) in [5.41, 5.74) is 1.29. The Morgan fingerprint density at radius 3 is 2.59 bits per heavy atom. The Balaban J connectivity index is 2.10. The average Bonchev–Trinajstić information content (AvgIpc) is 2.28. The Kier molecular flexibility index (Phi) is 3.26. The van der Waals surface area contributed by atoms with E-state index >= 15 is 0 Å². The predicted molar refractivity (Wildman–Crippen MR) is 61.9 cm³/mol. The van der Waals surface area contributed by atoms with Crippen molar-refractivity contribution in [2.45, 2.75) is 38.5 Å². The quantitative estimate of drug-likeness (QED) is 0.813. The molecule has 0 spiro atoms. The molecule has 1 saturated carbocycles. The number of nitrogens with zero attached hydrogens (tertiary/aromatic N) is 1. The summed E-state index contributed by atoms with van der Waals surface area (Å²) in [4.78, 5) is 28.7. The molecule has 92 valence electrons. The maximum Gasteiger partial charge on any atom is 0.345 e. The number of carboxylic acids is 1. The maximum absolute atomic E-state index is 11.3. The molecule has 1 fully saturated rings. The highest BCUT2D eigenvalue weighted by Crippen LogP contribution is 2.34. The number of rotatable bonds is 2. The third-order valence-corrected chi connectivity index (χ3v) is 3.39. The van der Waals surface area contributed by atoms with E-state index in [2.05, 4.69) is 9.97 Å². The van der Waals surface area contributed by atoms with Gasteiger partial charge in [-0.1, -0.05) is 0 Å². The first-order valence-electron chi connectivity index (χ1n) is 5.87. The monoisotopic (exact) mass is 236 g/mol. The zero-order valence-corrected chi connectivity index (χ0v) is 9.77. The fraction of sp³-hybridized carbons (Fsp3) is 0.583. The largest absolute Gasteiger partial charge is 0.481 e. The van der Waals surface area contributed by atoms with Crippen molar-refractivity contribution in [3.8, 4) is 0 Å². The number of H-pyrrole nitrogens is 1. The van der Waals surface area contributed by atoms with Crippen LogP contribution in [-0.2, 0) is 4.79 Å². The number of carbonyl (C=O) groups is 1. The molecule has 2 rings (SSSR count). The van der Waals surface area contributed by atoms with Gasteiger partial charge in [-0.15, -0.1) is 0 Å². The highest BCUT2D eigenvalue weighted by atomic mass is 16.4. The Morgan fingerprint density at radius 2 is 2.06 bits per heavy atom. The van der Waals surface area contributed by atoms with E-state index in [-0.39, 0.29) is 17.5 Å². The first-order chi connectivity index (χ1) is 8.06. The van der Waals surface area contributed by atoms with Gasteiger partial charge in [0.2, 0.25) is 0 Å². The predicted octanol–water partition coefficient (Wildman–Crippen LogP) is 1.44. The minimum atomic E-state index is -0.710. The third kappa shape index (κ3) is 2.72. The second kappa shape index (κ2) is 4.69. The molecule has 1 aliphatic carbocycles. The average molecular weight is 236 g/mol. The van der Waals surface area contributed by atoms with Crippen LogP contribution in [0, 0.1) is 12.8 Å². The van der Waals surface area contributed by atoms with Gasteiger partial charge in [-0.3, -0.25) is 4.79 Å². The first-order valence-corrected chi connectivity index (χ1v) is 5.87. The van der Waals surface area contributed by atoms with Crippen LogP contribution >= 0.6 is 0 Å². The van der Waals surface area contributed by atoms with E-state index in [9.17, 15) is 9.59 Å². The number of aromatic amines is 1. The van der Waals surface area contributed by atoms with E-state index in [0.717, 1.165) is 24.2 Å².